The number of benzene rings is 1. The Morgan fingerprint density at radius 3 is 2.30 bits per heavy atom. The number of carbonyl (C=O) groups is 1. The maximum Gasteiger partial charge on any atom is 0.223 e. The first-order valence-corrected chi connectivity index (χ1v) is 7.86. The van der Waals surface area contributed by atoms with Gasteiger partial charge in [0.25, 0.3) is 0 Å². The molecule has 2 rings (SSSR count). The zero-order chi connectivity index (χ0) is 14.2. The van der Waals surface area contributed by atoms with Gasteiger partial charge in [-0.25, -0.2) is 0 Å². The SMILES string of the molecule is NCC(NC(=O)C1CCCCCCC1)c1ccccc1. The predicted molar refractivity (Wildman–Crippen MR) is 82.2 cm³/mol. The van der Waals surface area contributed by atoms with Gasteiger partial charge in [-0.2, -0.15) is 0 Å². The highest BCUT2D eigenvalue weighted by Gasteiger charge is 2.22. The van der Waals surface area contributed by atoms with Gasteiger partial charge in [-0.3, -0.25) is 4.79 Å². The fourth-order valence-corrected chi connectivity index (χ4v) is 2.97. The Kier molecular flexibility index (Phi) is 6.06. The minimum absolute atomic E-state index is 0.0610. The maximum atomic E-state index is 12.4. The third-order valence-corrected chi connectivity index (χ3v) is 4.23. The first kappa shape index (κ1) is 15.0. The van der Waals surface area contributed by atoms with Gasteiger partial charge in [0.05, 0.1) is 6.04 Å². The van der Waals surface area contributed by atoms with Crippen LogP contribution in [0.15, 0.2) is 30.3 Å². The number of hydrogen-bond acceptors (Lipinski definition) is 2. The van der Waals surface area contributed by atoms with Crippen molar-refractivity contribution in [3.8, 4) is 0 Å². The number of amides is 1. The van der Waals surface area contributed by atoms with E-state index in [-0.39, 0.29) is 17.9 Å². The molecule has 1 unspecified atom stereocenters. The Hall–Kier alpha value is -1.35. The van der Waals surface area contributed by atoms with Crippen molar-refractivity contribution in [1.29, 1.82) is 0 Å². The van der Waals surface area contributed by atoms with E-state index in [1.807, 2.05) is 30.3 Å². The lowest BCUT2D eigenvalue weighted by Gasteiger charge is -2.23. The largest absolute Gasteiger partial charge is 0.348 e. The van der Waals surface area contributed by atoms with Crippen LogP contribution in [0.25, 0.3) is 0 Å². The number of nitrogens with two attached hydrogens (primary N) is 1. The zero-order valence-corrected chi connectivity index (χ0v) is 12.2. The van der Waals surface area contributed by atoms with Gasteiger partial charge in [-0.15, -0.1) is 0 Å². The van der Waals surface area contributed by atoms with Gasteiger partial charge in [0.15, 0.2) is 0 Å². The molecule has 3 nitrogen and oxygen atoms in total. The molecule has 110 valence electrons. The molecule has 0 aliphatic heterocycles. The molecule has 1 aromatic rings. The van der Waals surface area contributed by atoms with Gasteiger partial charge < -0.3 is 11.1 Å². The minimum Gasteiger partial charge on any atom is -0.348 e. The van der Waals surface area contributed by atoms with Crippen LogP contribution in [0.5, 0.6) is 0 Å². The van der Waals surface area contributed by atoms with Crippen molar-refractivity contribution in [2.75, 3.05) is 6.54 Å². The molecule has 1 aromatic carbocycles. The van der Waals surface area contributed by atoms with E-state index in [1.165, 1.54) is 32.1 Å². The van der Waals surface area contributed by atoms with Crippen molar-refractivity contribution in [2.24, 2.45) is 11.7 Å². The van der Waals surface area contributed by atoms with Crippen LogP contribution in [-0.2, 0) is 4.79 Å². The summed E-state index contributed by atoms with van der Waals surface area (Å²) in [4.78, 5) is 12.4. The molecule has 1 aliphatic rings. The monoisotopic (exact) mass is 274 g/mol. The third kappa shape index (κ3) is 4.34. The van der Waals surface area contributed by atoms with Gasteiger partial charge in [0, 0.05) is 12.5 Å². The lowest BCUT2D eigenvalue weighted by molar-refractivity contribution is -0.126. The highest BCUT2D eigenvalue weighted by atomic mass is 16.1. The number of nitrogens with one attached hydrogen (secondary N) is 1. The average molecular weight is 274 g/mol. The van der Waals surface area contributed by atoms with Gasteiger partial charge in [-0.05, 0) is 18.4 Å². The summed E-state index contributed by atoms with van der Waals surface area (Å²) in [6.45, 7) is 0.447. The van der Waals surface area contributed by atoms with Gasteiger partial charge in [0.2, 0.25) is 5.91 Å². The molecular formula is C17H26N2O. The standard InChI is InChI=1S/C17H26N2O/c18-13-16(14-9-7-4-8-10-14)19-17(20)15-11-5-2-1-3-6-12-15/h4,7-10,15-16H,1-3,5-6,11-13,18H2,(H,19,20). The van der Waals surface area contributed by atoms with E-state index in [0.717, 1.165) is 18.4 Å². The van der Waals surface area contributed by atoms with E-state index in [2.05, 4.69) is 5.32 Å². The summed E-state index contributed by atoms with van der Waals surface area (Å²) in [6, 6.07) is 9.94. The molecule has 0 saturated heterocycles. The van der Waals surface area contributed by atoms with Crippen molar-refractivity contribution in [1.82, 2.24) is 5.32 Å². The first-order chi connectivity index (χ1) is 9.81. The second-order valence-corrected chi connectivity index (χ2v) is 5.75. The summed E-state index contributed by atoms with van der Waals surface area (Å²) in [6.07, 6.45) is 8.26. The summed E-state index contributed by atoms with van der Waals surface area (Å²) >= 11 is 0. The van der Waals surface area contributed by atoms with E-state index >= 15 is 0 Å². The summed E-state index contributed by atoms with van der Waals surface area (Å²) < 4.78 is 0. The molecule has 1 atom stereocenters. The van der Waals surface area contributed by atoms with Crippen LogP contribution < -0.4 is 11.1 Å². The van der Waals surface area contributed by atoms with Crippen LogP contribution in [0, 0.1) is 5.92 Å². The van der Waals surface area contributed by atoms with Crippen LogP contribution in [0.3, 0.4) is 0 Å². The molecule has 1 saturated carbocycles. The molecule has 1 aliphatic carbocycles. The van der Waals surface area contributed by atoms with Crippen molar-refractivity contribution >= 4 is 5.91 Å². The van der Waals surface area contributed by atoms with Crippen LogP contribution in [0.1, 0.15) is 56.6 Å². The average Bonchev–Trinajstić information content (AvgIpc) is 2.45. The molecule has 0 aromatic heterocycles. The Balaban J connectivity index is 1.94. The molecule has 0 heterocycles. The second kappa shape index (κ2) is 8.05. The fraction of sp³-hybridized carbons (Fsp3) is 0.588. The molecule has 3 N–H and O–H groups in total. The molecule has 1 amide bonds. The zero-order valence-electron chi connectivity index (χ0n) is 12.2. The van der Waals surface area contributed by atoms with E-state index < -0.39 is 0 Å². The maximum absolute atomic E-state index is 12.4. The van der Waals surface area contributed by atoms with Gasteiger partial charge in [0.1, 0.15) is 0 Å². The summed E-state index contributed by atoms with van der Waals surface area (Å²) in [5.74, 6) is 0.360. The van der Waals surface area contributed by atoms with E-state index in [9.17, 15) is 4.79 Å². The van der Waals surface area contributed by atoms with Crippen molar-refractivity contribution in [3.63, 3.8) is 0 Å². The molecule has 20 heavy (non-hydrogen) atoms. The normalized spacial score (nSPS) is 18.9. The molecule has 0 spiro atoms. The molecular weight excluding hydrogens is 248 g/mol. The number of carbonyl (C=O) groups excluding carboxylic acids is 1. The molecule has 0 radical (unpaired) electrons. The summed E-state index contributed by atoms with van der Waals surface area (Å²) in [7, 11) is 0. The smallest absolute Gasteiger partial charge is 0.223 e. The van der Waals surface area contributed by atoms with E-state index in [4.69, 9.17) is 5.73 Å². The van der Waals surface area contributed by atoms with Crippen molar-refractivity contribution < 1.29 is 4.79 Å². The van der Waals surface area contributed by atoms with Crippen LogP contribution in [0.4, 0.5) is 0 Å². The molecule has 0 bridgehead atoms. The Bertz CT molecular complexity index is 397. The Morgan fingerprint density at radius 2 is 1.70 bits per heavy atom. The minimum atomic E-state index is -0.0610. The first-order valence-electron chi connectivity index (χ1n) is 7.86. The van der Waals surface area contributed by atoms with Crippen LogP contribution in [-0.4, -0.2) is 12.5 Å². The van der Waals surface area contributed by atoms with Crippen molar-refractivity contribution in [3.05, 3.63) is 35.9 Å². The molecule has 3 heteroatoms. The quantitative estimate of drug-likeness (QED) is 0.886. The van der Waals surface area contributed by atoms with Crippen molar-refractivity contribution in [2.45, 2.75) is 51.0 Å². The van der Waals surface area contributed by atoms with Gasteiger partial charge in [-0.1, -0.05) is 62.4 Å². The van der Waals surface area contributed by atoms with Crippen LogP contribution in [0.2, 0.25) is 0 Å². The lowest BCUT2D eigenvalue weighted by atomic mass is 9.90. The Labute approximate surface area is 121 Å². The number of rotatable bonds is 4. The molecule has 1 fully saturated rings. The number of hydrogen-bond donors (Lipinski definition) is 2. The predicted octanol–water partition coefficient (Wildman–Crippen LogP) is 3.16. The summed E-state index contributed by atoms with van der Waals surface area (Å²) in [5, 5.41) is 3.14. The second-order valence-electron chi connectivity index (χ2n) is 5.75. The Morgan fingerprint density at radius 1 is 1.10 bits per heavy atom. The fourth-order valence-electron chi connectivity index (χ4n) is 2.97. The third-order valence-electron chi connectivity index (χ3n) is 4.23. The van der Waals surface area contributed by atoms with Crippen LogP contribution >= 0.6 is 0 Å². The lowest BCUT2D eigenvalue weighted by Crippen LogP contribution is -2.37. The topological polar surface area (TPSA) is 55.1 Å². The van der Waals surface area contributed by atoms with E-state index in [1.54, 1.807) is 0 Å². The summed E-state index contributed by atoms with van der Waals surface area (Å²) in [5.41, 5.74) is 6.92. The van der Waals surface area contributed by atoms with E-state index in [0.29, 0.717) is 6.54 Å². The highest BCUT2D eigenvalue weighted by Crippen LogP contribution is 2.23. The van der Waals surface area contributed by atoms with Gasteiger partial charge >= 0.3 is 0 Å². The highest BCUT2D eigenvalue weighted by molar-refractivity contribution is 5.79.